The number of carboxylic acids is 1. The van der Waals surface area contributed by atoms with E-state index < -0.39 is 11.4 Å². The van der Waals surface area contributed by atoms with Gasteiger partial charge in [0.1, 0.15) is 5.75 Å². The molecule has 0 aliphatic rings. The molecule has 1 amide bonds. The molecule has 144 valence electrons. The number of aryl methyl sites for hydroxylation is 1. The van der Waals surface area contributed by atoms with Crippen LogP contribution in [0, 0.1) is 6.92 Å². The number of benzene rings is 2. The monoisotopic (exact) mass is 369 g/mol. The maximum Gasteiger partial charge on any atom is 0.303 e. The number of hydrogen-bond donors (Lipinski definition) is 2. The van der Waals surface area contributed by atoms with E-state index in [4.69, 9.17) is 9.84 Å². The number of carbonyl (C=O) groups excluding carboxylic acids is 1. The smallest absolute Gasteiger partial charge is 0.303 e. The predicted octanol–water partition coefficient (Wildman–Crippen LogP) is 3.83. The summed E-state index contributed by atoms with van der Waals surface area (Å²) >= 11 is 0. The van der Waals surface area contributed by atoms with E-state index in [1.165, 1.54) is 5.56 Å². The van der Waals surface area contributed by atoms with Gasteiger partial charge in [-0.05, 0) is 50.5 Å². The summed E-state index contributed by atoms with van der Waals surface area (Å²) in [5, 5.41) is 11.6. The number of ether oxygens (including phenoxy) is 1. The minimum absolute atomic E-state index is 0.0275. The van der Waals surface area contributed by atoms with Gasteiger partial charge >= 0.3 is 5.97 Å². The van der Waals surface area contributed by atoms with Crippen molar-refractivity contribution in [3.63, 3.8) is 0 Å². The summed E-state index contributed by atoms with van der Waals surface area (Å²) < 4.78 is 5.51. The van der Waals surface area contributed by atoms with E-state index in [1.54, 1.807) is 0 Å². The Kier molecular flexibility index (Phi) is 6.99. The molecule has 0 saturated carbocycles. The average Bonchev–Trinajstić information content (AvgIpc) is 2.64. The van der Waals surface area contributed by atoms with Crippen molar-refractivity contribution in [1.82, 2.24) is 5.32 Å². The first-order valence-corrected chi connectivity index (χ1v) is 9.08. The van der Waals surface area contributed by atoms with E-state index in [0.717, 1.165) is 11.1 Å². The highest BCUT2D eigenvalue weighted by molar-refractivity contribution is 5.87. The molecule has 0 aliphatic heterocycles. The molecule has 0 aromatic heterocycles. The number of carboxylic acid groups (broad SMARTS) is 1. The second kappa shape index (κ2) is 9.21. The molecule has 2 aromatic carbocycles. The SMILES string of the molecule is Cc1ccc(C(C)(C)C(=O)NCc2ccc(OCCCC(=O)O)cc2)cc1. The Morgan fingerprint density at radius 3 is 2.26 bits per heavy atom. The average molecular weight is 369 g/mol. The van der Waals surface area contributed by atoms with Crippen molar-refractivity contribution in [3.05, 3.63) is 65.2 Å². The zero-order chi connectivity index (χ0) is 19.9. The number of hydrogen-bond acceptors (Lipinski definition) is 3. The highest BCUT2D eigenvalue weighted by atomic mass is 16.5. The van der Waals surface area contributed by atoms with E-state index in [-0.39, 0.29) is 12.3 Å². The van der Waals surface area contributed by atoms with Crippen molar-refractivity contribution < 1.29 is 19.4 Å². The van der Waals surface area contributed by atoms with Gasteiger partial charge in [0.15, 0.2) is 0 Å². The van der Waals surface area contributed by atoms with Crippen molar-refractivity contribution in [2.24, 2.45) is 0 Å². The van der Waals surface area contributed by atoms with E-state index >= 15 is 0 Å². The summed E-state index contributed by atoms with van der Waals surface area (Å²) in [6.45, 7) is 6.67. The zero-order valence-electron chi connectivity index (χ0n) is 16.1. The molecular weight excluding hydrogens is 342 g/mol. The van der Waals surface area contributed by atoms with Crippen LogP contribution in [-0.4, -0.2) is 23.6 Å². The number of nitrogens with one attached hydrogen (secondary N) is 1. The van der Waals surface area contributed by atoms with Gasteiger partial charge in [0.25, 0.3) is 0 Å². The Bertz CT molecular complexity index is 764. The molecule has 27 heavy (non-hydrogen) atoms. The summed E-state index contributed by atoms with van der Waals surface area (Å²) in [6.07, 6.45) is 0.572. The lowest BCUT2D eigenvalue weighted by molar-refractivity contribution is -0.137. The Labute approximate surface area is 160 Å². The Morgan fingerprint density at radius 1 is 1.04 bits per heavy atom. The lowest BCUT2D eigenvalue weighted by Gasteiger charge is -2.24. The van der Waals surface area contributed by atoms with Crippen molar-refractivity contribution >= 4 is 11.9 Å². The van der Waals surface area contributed by atoms with Crippen LogP contribution < -0.4 is 10.1 Å². The van der Waals surface area contributed by atoms with Gasteiger partial charge in [-0.15, -0.1) is 0 Å². The van der Waals surface area contributed by atoms with Crippen LogP contribution in [-0.2, 0) is 21.5 Å². The second-order valence-electron chi connectivity index (χ2n) is 7.16. The van der Waals surface area contributed by atoms with Crippen LogP contribution in [0.25, 0.3) is 0 Å². The lowest BCUT2D eigenvalue weighted by Crippen LogP contribution is -2.39. The Balaban J connectivity index is 1.85. The Hall–Kier alpha value is -2.82. The maximum atomic E-state index is 12.6. The summed E-state index contributed by atoms with van der Waals surface area (Å²) in [7, 11) is 0. The van der Waals surface area contributed by atoms with Crippen molar-refractivity contribution in [1.29, 1.82) is 0 Å². The largest absolute Gasteiger partial charge is 0.494 e. The number of amides is 1. The molecule has 5 heteroatoms. The molecule has 0 atom stereocenters. The molecule has 0 heterocycles. The van der Waals surface area contributed by atoms with Gasteiger partial charge < -0.3 is 15.2 Å². The molecule has 2 aromatic rings. The molecule has 2 N–H and O–H groups in total. The molecule has 0 bridgehead atoms. The van der Waals surface area contributed by atoms with Crippen LogP contribution in [0.3, 0.4) is 0 Å². The molecule has 5 nitrogen and oxygen atoms in total. The van der Waals surface area contributed by atoms with E-state index in [2.05, 4.69) is 5.32 Å². The third kappa shape index (κ3) is 6.13. The molecule has 0 saturated heterocycles. The van der Waals surface area contributed by atoms with Gasteiger partial charge in [0.05, 0.1) is 12.0 Å². The lowest BCUT2D eigenvalue weighted by atomic mass is 9.83. The third-order valence-electron chi connectivity index (χ3n) is 4.52. The summed E-state index contributed by atoms with van der Waals surface area (Å²) in [4.78, 5) is 23.1. The van der Waals surface area contributed by atoms with Gasteiger partial charge in [0.2, 0.25) is 5.91 Å². The van der Waals surface area contributed by atoms with E-state index in [9.17, 15) is 9.59 Å². The molecule has 0 spiro atoms. The number of aliphatic carboxylic acids is 1. The fourth-order valence-corrected chi connectivity index (χ4v) is 2.62. The fraction of sp³-hybridized carbons (Fsp3) is 0.364. The van der Waals surface area contributed by atoms with Crippen molar-refractivity contribution in [3.8, 4) is 5.75 Å². The maximum absolute atomic E-state index is 12.6. The van der Waals surface area contributed by atoms with Crippen LogP contribution >= 0.6 is 0 Å². The highest BCUT2D eigenvalue weighted by Crippen LogP contribution is 2.24. The van der Waals surface area contributed by atoms with Gasteiger partial charge in [0, 0.05) is 13.0 Å². The highest BCUT2D eigenvalue weighted by Gasteiger charge is 2.29. The first-order valence-electron chi connectivity index (χ1n) is 9.08. The molecule has 0 radical (unpaired) electrons. The number of carbonyl (C=O) groups is 2. The first-order chi connectivity index (χ1) is 12.8. The van der Waals surface area contributed by atoms with Crippen LogP contribution in [0.2, 0.25) is 0 Å². The second-order valence-corrected chi connectivity index (χ2v) is 7.16. The molecule has 2 rings (SSSR count). The third-order valence-corrected chi connectivity index (χ3v) is 4.52. The van der Waals surface area contributed by atoms with E-state index in [0.29, 0.717) is 25.3 Å². The summed E-state index contributed by atoms with van der Waals surface area (Å²) in [5.74, 6) is -0.158. The zero-order valence-corrected chi connectivity index (χ0v) is 16.1. The van der Waals surface area contributed by atoms with Gasteiger partial charge in [-0.3, -0.25) is 9.59 Å². The number of rotatable bonds is 9. The van der Waals surface area contributed by atoms with Crippen molar-refractivity contribution in [2.75, 3.05) is 6.61 Å². The minimum atomic E-state index is -0.821. The van der Waals surface area contributed by atoms with Gasteiger partial charge in [-0.2, -0.15) is 0 Å². The molecule has 0 aliphatic carbocycles. The van der Waals surface area contributed by atoms with Crippen molar-refractivity contribution in [2.45, 2.75) is 45.6 Å². The minimum Gasteiger partial charge on any atom is -0.494 e. The Morgan fingerprint density at radius 2 is 1.67 bits per heavy atom. The normalized spacial score (nSPS) is 11.1. The fourth-order valence-electron chi connectivity index (χ4n) is 2.62. The van der Waals surface area contributed by atoms with Gasteiger partial charge in [-0.1, -0.05) is 42.0 Å². The summed E-state index contributed by atoms with van der Waals surface area (Å²) in [5.41, 5.74) is 2.51. The van der Waals surface area contributed by atoms with Gasteiger partial charge in [-0.25, -0.2) is 0 Å². The molecule has 0 fully saturated rings. The summed E-state index contributed by atoms with van der Waals surface area (Å²) in [6, 6.07) is 15.5. The van der Waals surface area contributed by atoms with E-state index in [1.807, 2.05) is 69.3 Å². The van der Waals surface area contributed by atoms with Crippen LogP contribution in [0.1, 0.15) is 43.4 Å². The first kappa shape index (κ1) is 20.5. The van der Waals surface area contributed by atoms with Crippen LogP contribution in [0.4, 0.5) is 0 Å². The molecule has 0 unspecified atom stereocenters. The van der Waals surface area contributed by atoms with Crippen LogP contribution in [0.15, 0.2) is 48.5 Å². The standard InChI is InChI=1S/C22H27NO4/c1-16-6-10-18(11-7-16)22(2,3)21(26)23-15-17-8-12-19(13-9-17)27-14-4-5-20(24)25/h6-13H,4-5,14-15H2,1-3H3,(H,23,26)(H,24,25). The quantitative estimate of drug-likeness (QED) is 0.659. The topological polar surface area (TPSA) is 75.6 Å². The van der Waals surface area contributed by atoms with Crippen LogP contribution in [0.5, 0.6) is 5.75 Å². The molecular formula is C22H27NO4. The predicted molar refractivity (Wildman–Crippen MR) is 105 cm³/mol.